The number of epoxide rings is 4. The average molecular weight is 377 g/mol. The van der Waals surface area contributed by atoms with Crippen LogP contribution in [-0.2, 0) is 18.9 Å². The van der Waals surface area contributed by atoms with E-state index in [2.05, 4.69) is 0 Å². The zero-order chi connectivity index (χ0) is 18.2. The summed E-state index contributed by atoms with van der Waals surface area (Å²) in [5.41, 5.74) is 0.492. The molecule has 0 radical (unpaired) electrons. The summed E-state index contributed by atoms with van der Waals surface area (Å²) in [6, 6.07) is 5.41. The number of carbonyl (C=O) groups is 1. The molecule has 4 aliphatic rings. The Morgan fingerprint density at radius 3 is 2.00 bits per heavy atom. The second-order valence-electron chi connectivity index (χ2n) is 7.29. The van der Waals surface area contributed by atoms with Gasteiger partial charge in [-0.2, -0.15) is 0 Å². The average Bonchev–Trinajstić information content (AvgIpc) is 3.52. The van der Waals surface area contributed by atoms with E-state index < -0.39 is 0 Å². The van der Waals surface area contributed by atoms with Crippen LogP contribution in [0.2, 0.25) is 0 Å². The van der Waals surface area contributed by atoms with Crippen molar-refractivity contribution in [2.24, 2.45) is 0 Å². The molecular weight excluding hydrogens is 354 g/mol. The first-order valence-corrected chi connectivity index (χ1v) is 9.40. The van der Waals surface area contributed by atoms with E-state index in [9.17, 15) is 4.79 Å². The van der Waals surface area contributed by atoms with Crippen LogP contribution in [-0.4, -0.2) is 88.0 Å². The fraction of sp³-hybridized carbons (Fsp3) is 0.632. The topological polar surface area (TPSA) is 88.9 Å². The molecule has 5 rings (SSSR count). The number of nitrogens with zero attached hydrogens (tertiary/aromatic N) is 1. The van der Waals surface area contributed by atoms with Gasteiger partial charge in [0.25, 0.3) is 5.91 Å². The zero-order valence-corrected chi connectivity index (χ0v) is 15.0. The van der Waals surface area contributed by atoms with E-state index in [0.717, 1.165) is 0 Å². The van der Waals surface area contributed by atoms with Gasteiger partial charge in [-0.3, -0.25) is 4.79 Å². The van der Waals surface area contributed by atoms with Crippen LogP contribution in [0.3, 0.4) is 0 Å². The van der Waals surface area contributed by atoms with E-state index in [0.29, 0.717) is 69.8 Å². The van der Waals surface area contributed by atoms with E-state index >= 15 is 0 Å². The van der Waals surface area contributed by atoms with Gasteiger partial charge in [-0.15, -0.1) is 0 Å². The van der Waals surface area contributed by atoms with Crippen LogP contribution in [0.4, 0.5) is 0 Å². The Balaban J connectivity index is 1.36. The predicted octanol–water partition coefficient (Wildman–Crippen LogP) is 0.482. The molecule has 4 atom stereocenters. The Bertz CT molecular complexity index is 681. The molecule has 0 spiro atoms. The highest BCUT2D eigenvalue weighted by atomic mass is 16.6. The molecule has 4 saturated heterocycles. The van der Waals surface area contributed by atoms with Crippen molar-refractivity contribution in [3.05, 3.63) is 23.8 Å². The second-order valence-corrected chi connectivity index (χ2v) is 7.29. The first kappa shape index (κ1) is 17.2. The van der Waals surface area contributed by atoms with Crippen molar-refractivity contribution in [3.8, 4) is 11.5 Å². The summed E-state index contributed by atoms with van der Waals surface area (Å²) in [4.78, 5) is 15.1. The maximum Gasteiger partial charge on any atom is 0.257 e. The van der Waals surface area contributed by atoms with Gasteiger partial charge in [0.2, 0.25) is 0 Å². The molecule has 146 valence electrons. The molecule has 0 saturated carbocycles. The third-order valence-corrected chi connectivity index (χ3v) is 4.79. The van der Waals surface area contributed by atoms with Crippen molar-refractivity contribution in [3.63, 3.8) is 0 Å². The first-order chi connectivity index (χ1) is 13.3. The fourth-order valence-corrected chi connectivity index (χ4v) is 2.88. The summed E-state index contributed by atoms with van der Waals surface area (Å²) in [5.74, 6) is 0.931. The Morgan fingerprint density at radius 2 is 1.44 bits per heavy atom. The van der Waals surface area contributed by atoms with Crippen LogP contribution in [0.5, 0.6) is 11.5 Å². The van der Waals surface area contributed by atoms with Gasteiger partial charge in [0.05, 0.1) is 44.2 Å². The van der Waals surface area contributed by atoms with Crippen LogP contribution in [0.15, 0.2) is 18.2 Å². The van der Waals surface area contributed by atoms with Crippen molar-refractivity contribution < 1.29 is 33.2 Å². The molecule has 8 heteroatoms. The SMILES string of the molecule is O=C(c1cccc(OCC2CO2)c1OCC1CO1)N(CC1CO1)CC1CO1. The lowest BCUT2D eigenvalue weighted by atomic mass is 10.1. The van der Waals surface area contributed by atoms with Gasteiger partial charge >= 0.3 is 0 Å². The Hall–Kier alpha value is -1.87. The van der Waals surface area contributed by atoms with Gasteiger partial charge in [0.1, 0.15) is 25.4 Å². The van der Waals surface area contributed by atoms with Gasteiger partial charge in [-0.05, 0) is 12.1 Å². The Labute approximate surface area is 157 Å². The van der Waals surface area contributed by atoms with Crippen molar-refractivity contribution in [1.29, 1.82) is 0 Å². The highest BCUT2D eigenvalue weighted by molar-refractivity contribution is 5.98. The van der Waals surface area contributed by atoms with Gasteiger partial charge in [-0.25, -0.2) is 0 Å². The molecule has 4 aliphatic heterocycles. The fourth-order valence-electron chi connectivity index (χ4n) is 2.88. The van der Waals surface area contributed by atoms with Crippen molar-refractivity contribution >= 4 is 5.91 Å². The standard InChI is InChI=1S/C19H23NO7/c21-19(20(4-12-6-22-12)5-13-7-23-13)16-2-1-3-17(26-10-14-8-24-14)18(16)27-11-15-9-25-15/h1-3,12-15H,4-11H2. The molecule has 0 aliphatic carbocycles. The summed E-state index contributed by atoms with van der Waals surface area (Å²) in [6.45, 7) is 4.76. The van der Waals surface area contributed by atoms with Crippen molar-refractivity contribution in [2.45, 2.75) is 24.4 Å². The molecule has 1 aromatic rings. The number of benzene rings is 1. The summed E-state index contributed by atoms with van der Waals surface area (Å²) < 4.78 is 32.9. The van der Waals surface area contributed by atoms with Crippen LogP contribution >= 0.6 is 0 Å². The van der Waals surface area contributed by atoms with Gasteiger partial charge in [-0.1, -0.05) is 6.07 Å². The number of hydrogen-bond acceptors (Lipinski definition) is 7. The molecule has 4 heterocycles. The highest BCUT2D eigenvalue weighted by Crippen LogP contribution is 2.34. The number of carbonyl (C=O) groups excluding carboxylic acids is 1. The minimum absolute atomic E-state index is 0.0867. The van der Waals surface area contributed by atoms with E-state index in [1.807, 2.05) is 12.1 Å². The van der Waals surface area contributed by atoms with Crippen LogP contribution in [0.25, 0.3) is 0 Å². The molecule has 0 bridgehead atoms. The maximum atomic E-state index is 13.3. The summed E-state index contributed by atoms with van der Waals surface area (Å²) in [7, 11) is 0. The predicted molar refractivity (Wildman–Crippen MR) is 92.3 cm³/mol. The van der Waals surface area contributed by atoms with Crippen molar-refractivity contribution in [1.82, 2.24) is 4.90 Å². The lowest BCUT2D eigenvalue weighted by Gasteiger charge is -2.23. The molecule has 4 fully saturated rings. The lowest BCUT2D eigenvalue weighted by Crippen LogP contribution is -2.37. The van der Waals surface area contributed by atoms with Gasteiger partial charge in [0.15, 0.2) is 11.5 Å². The summed E-state index contributed by atoms with van der Waals surface area (Å²) >= 11 is 0. The third kappa shape index (κ3) is 4.70. The van der Waals surface area contributed by atoms with E-state index in [1.165, 1.54) is 0 Å². The number of rotatable bonds is 11. The van der Waals surface area contributed by atoms with Crippen LogP contribution in [0, 0.1) is 0 Å². The van der Waals surface area contributed by atoms with E-state index in [1.54, 1.807) is 11.0 Å². The first-order valence-electron chi connectivity index (χ1n) is 9.40. The molecule has 27 heavy (non-hydrogen) atoms. The normalized spacial score (nSPS) is 29.8. The molecule has 8 nitrogen and oxygen atoms in total. The van der Waals surface area contributed by atoms with E-state index in [-0.39, 0.29) is 30.3 Å². The smallest absolute Gasteiger partial charge is 0.257 e. The second kappa shape index (κ2) is 7.27. The number of ether oxygens (including phenoxy) is 6. The van der Waals surface area contributed by atoms with Gasteiger partial charge < -0.3 is 33.3 Å². The molecule has 1 aromatic carbocycles. The lowest BCUT2D eigenvalue weighted by molar-refractivity contribution is 0.0723. The minimum Gasteiger partial charge on any atom is -0.487 e. The van der Waals surface area contributed by atoms with Crippen LogP contribution < -0.4 is 9.47 Å². The largest absolute Gasteiger partial charge is 0.487 e. The summed E-state index contributed by atoms with van der Waals surface area (Å²) in [5, 5.41) is 0. The highest BCUT2D eigenvalue weighted by Gasteiger charge is 2.35. The quantitative estimate of drug-likeness (QED) is 0.518. The van der Waals surface area contributed by atoms with Crippen LogP contribution in [0.1, 0.15) is 10.4 Å². The Morgan fingerprint density at radius 1 is 0.889 bits per heavy atom. The van der Waals surface area contributed by atoms with Crippen molar-refractivity contribution in [2.75, 3.05) is 52.7 Å². The monoisotopic (exact) mass is 377 g/mol. The maximum absolute atomic E-state index is 13.3. The minimum atomic E-state index is -0.0964. The molecule has 0 N–H and O–H groups in total. The molecule has 4 unspecified atom stereocenters. The summed E-state index contributed by atoms with van der Waals surface area (Å²) in [6.07, 6.45) is 0.440. The molecule has 0 aromatic heterocycles. The number of amides is 1. The molecule has 1 amide bonds. The Kier molecular flexibility index (Phi) is 4.65. The number of para-hydroxylation sites is 1. The zero-order valence-electron chi connectivity index (χ0n) is 15.0. The molecular formula is C19H23NO7. The van der Waals surface area contributed by atoms with Gasteiger partial charge in [0, 0.05) is 13.1 Å². The number of hydrogen-bond donors (Lipinski definition) is 0. The third-order valence-electron chi connectivity index (χ3n) is 4.79. The van der Waals surface area contributed by atoms with E-state index in [4.69, 9.17) is 28.4 Å².